The van der Waals surface area contributed by atoms with Gasteiger partial charge in [-0.05, 0) is 36.1 Å². The Hall–Kier alpha value is -3.26. The molecule has 0 saturated heterocycles. The number of aromatic amines is 1. The fourth-order valence-electron chi connectivity index (χ4n) is 3.82. The second-order valence-corrected chi connectivity index (χ2v) is 9.79. The number of ether oxygens (including phenoxy) is 2. The maximum Gasteiger partial charge on any atom is 0.257 e. The minimum Gasteiger partial charge on any atom is -0.493 e. The fourth-order valence-corrected chi connectivity index (χ4v) is 4.63. The zero-order valence-electron chi connectivity index (χ0n) is 19.8. The number of aryl methyl sites for hydroxylation is 1. The molecule has 1 aliphatic rings. The first kappa shape index (κ1) is 23.9. The summed E-state index contributed by atoms with van der Waals surface area (Å²) < 4.78 is 11.4. The molecule has 2 aromatic carbocycles. The Labute approximate surface area is 203 Å². The van der Waals surface area contributed by atoms with Crippen LogP contribution >= 0.6 is 11.8 Å². The number of hydrogen-bond donors (Lipinski definition) is 2. The Morgan fingerprint density at radius 1 is 1.12 bits per heavy atom. The van der Waals surface area contributed by atoms with Crippen molar-refractivity contribution < 1.29 is 14.3 Å². The molecule has 1 aliphatic heterocycles. The number of nitrogens with one attached hydrogen (secondary N) is 2. The maximum atomic E-state index is 13.1. The molecule has 4 rings (SSSR count). The van der Waals surface area contributed by atoms with E-state index in [1.807, 2.05) is 25.1 Å². The van der Waals surface area contributed by atoms with E-state index in [1.54, 1.807) is 7.11 Å². The maximum absolute atomic E-state index is 13.1. The molecule has 0 spiro atoms. The second-order valence-electron chi connectivity index (χ2n) is 8.83. The Bertz CT molecular complexity index is 1240. The summed E-state index contributed by atoms with van der Waals surface area (Å²) in [6.07, 6.45) is 0.156. The molecule has 0 bridgehead atoms. The number of nitrogens with zero attached hydrogens (tertiary/aromatic N) is 1. The highest BCUT2D eigenvalue weighted by atomic mass is 32.2. The van der Waals surface area contributed by atoms with E-state index in [0.717, 1.165) is 11.1 Å². The summed E-state index contributed by atoms with van der Waals surface area (Å²) in [5.74, 6) is 1.95. The molecule has 0 aliphatic carbocycles. The van der Waals surface area contributed by atoms with Gasteiger partial charge in [0.15, 0.2) is 16.7 Å². The molecular formula is C26H29N3O4S. The lowest BCUT2D eigenvalue weighted by atomic mass is 9.86. The molecular weight excluding hydrogens is 450 g/mol. The quantitative estimate of drug-likeness (QED) is 0.353. The van der Waals surface area contributed by atoms with Gasteiger partial charge in [-0.2, -0.15) is 0 Å². The van der Waals surface area contributed by atoms with E-state index in [4.69, 9.17) is 9.47 Å². The first-order valence-corrected chi connectivity index (χ1v) is 12.3. The fraction of sp³-hybridized carbons (Fsp3) is 0.346. The average Bonchev–Trinajstić information content (AvgIpc) is 2.81. The van der Waals surface area contributed by atoms with Gasteiger partial charge in [-0.3, -0.25) is 9.59 Å². The molecule has 1 aromatic heterocycles. The lowest BCUT2D eigenvalue weighted by molar-refractivity contribution is -0.116. The third-order valence-corrected chi connectivity index (χ3v) is 6.53. The van der Waals surface area contributed by atoms with Crippen molar-refractivity contribution in [3.05, 3.63) is 75.1 Å². The van der Waals surface area contributed by atoms with Crippen LogP contribution in [0.4, 0.5) is 5.82 Å². The van der Waals surface area contributed by atoms with Gasteiger partial charge in [-0.25, -0.2) is 4.98 Å². The van der Waals surface area contributed by atoms with Crippen molar-refractivity contribution in [2.24, 2.45) is 5.92 Å². The number of hydrogen-bond acceptors (Lipinski definition) is 6. The van der Waals surface area contributed by atoms with Crippen molar-refractivity contribution in [1.82, 2.24) is 9.97 Å². The van der Waals surface area contributed by atoms with Gasteiger partial charge in [0.05, 0.1) is 19.3 Å². The van der Waals surface area contributed by atoms with Crippen LogP contribution in [0.5, 0.6) is 11.5 Å². The number of carbonyl (C=O) groups is 1. The summed E-state index contributed by atoms with van der Waals surface area (Å²) in [6, 6.07) is 13.8. The van der Waals surface area contributed by atoms with E-state index >= 15 is 0 Å². The van der Waals surface area contributed by atoms with Gasteiger partial charge in [0, 0.05) is 18.1 Å². The number of methoxy groups -OCH3 is 1. The van der Waals surface area contributed by atoms with Crippen molar-refractivity contribution in [3.63, 3.8) is 0 Å². The van der Waals surface area contributed by atoms with E-state index in [0.29, 0.717) is 46.3 Å². The number of fused-ring (bicyclic) bond motifs is 1. The van der Waals surface area contributed by atoms with Crippen LogP contribution in [0.1, 0.15) is 48.4 Å². The highest BCUT2D eigenvalue weighted by Gasteiger charge is 2.31. The summed E-state index contributed by atoms with van der Waals surface area (Å²) in [5, 5.41) is 3.25. The Morgan fingerprint density at radius 3 is 2.59 bits per heavy atom. The van der Waals surface area contributed by atoms with Gasteiger partial charge in [0.2, 0.25) is 5.91 Å². The van der Waals surface area contributed by atoms with Gasteiger partial charge in [-0.15, -0.1) is 0 Å². The monoisotopic (exact) mass is 479 g/mol. The molecule has 0 saturated carbocycles. The van der Waals surface area contributed by atoms with Crippen LogP contribution in [-0.2, 0) is 10.5 Å². The molecule has 1 amide bonds. The lowest BCUT2D eigenvalue weighted by Crippen LogP contribution is -2.31. The number of amides is 1. The van der Waals surface area contributed by atoms with Crippen molar-refractivity contribution >= 4 is 23.5 Å². The Morgan fingerprint density at radius 2 is 1.88 bits per heavy atom. The number of benzene rings is 2. The van der Waals surface area contributed by atoms with Crippen molar-refractivity contribution in [2.75, 3.05) is 19.0 Å². The SMILES string of the molecule is COc1cc(C2CC(=O)Nc3nc(SCc4ccc(C)cc4)[nH]c(=O)c32)ccc1OCC(C)C. The van der Waals surface area contributed by atoms with E-state index in [-0.39, 0.29) is 17.9 Å². The molecule has 8 heteroatoms. The minimum absolute atomic E-state index is 0.156. The topological polar surface area (TPSA) is 93.3 Å². The summed E-state index contributed by atoms with van der Waals surface area (Å²) in [5.41, 5.74) is 3.33. The molecule has 1 unspecified atom stereocenters. The number of aromatic nitrogens is 2. The minimum atomic E-state index is -0.427. The zero-order chi connectivity index (χ0) is 24.2. The molecule has 7 nitrogen and oxygen atoms in total. The van der Waals surface area contributed by atoms with Gasteiger partial charge < -0.3 is 19.8 Å². The molecule has 34 heavy (non-hydrogen) atoms. The number of anilines is 1. The zero-order valence-corrected chi connectivity index (χ0v) is 20.6. The third kappa shape index (κ3) is 5.44. The lowest BCUT2D eigenvalue weighted by Gasteiger charge is -2.25. The number of rotatable bonds is 8. The van der Waals surface area contributed by atoms with E-state index in [9.17, 15) is 9.59 Å². The average molecular weight is 480 g/mol. The molecule has 2 N–H and O–H groups in total. The van der Waals surface area contributed by atoms with Crippen molar-refractivity contribution in [2.45, 2.75) is 44.0 Å². The number of thioether (sulfide) groups is 1. The van der Waals surface area contributed by atoms with Crippen LogP contribution in [0, 0.1) is 12.8 Å². The predicted molar refractivity (Wildman–Crippen MR) is 134 cm³/mol. The summed E-state index contributed by atoms with van der Waals surface area (Å²) in [7, 11) is 1.58. The highest BCUT2D eigenvalue weighted by Crippen LogP contribution is 2.38. The van der Waals surface area contributed by atoms with Gasteiger partial charge in [0.25, 0.3) is 5.56 Å². The Balaban J connectivity index is 1.61. The summed E-state index contributed by atoms with van der Waals surface area (Å²) in [6.45, 7) is 6.76. The second kappa shape index (κ2) is 10.3. The normalized spacial score (nSPS) is 15.1. The molecule has 3 aromatic rings. The van der Waals surface area contributed by atoms with Gasteiger partial charge in [0.1, 0.15) is 5.82 Å². The largest absolute Gasteiger partial charge is 0.493 e. The molecule has 178 valence electrons. The molecule has 0 fully saturated rings. The third-order valence-electron chi connectivity index (χ3n) is 5.59. The first-order valence-electron chi connectivity index (χ1n) is 11.3. The van der Waals surface area contributed by atoms with E-state index in [2.05, 4.69) is 53.4 Å². The van der Waals surface area contributed by atoms with Gasteiger partial charge in [-0.1, -0.05) is 61.5 Å². The predicted octanol–water partition coefficient (Wildman–Crippen LogP) is 4.89. The smallest absolute Gasteiger partial charge is 0.257 e. The van der Waals surface area contributed by atoms with Crippen molar-refractivity contribution in [3.8, 4) is 11.5 Å². The van der Waals surface area contributed by atoms with E-state index in [1.165, 1.54) is 17.3 Å². The van der Waals surface area contributed by atoms with Crippen LogP contribution in [0.2, 0.25) is 0 Å². The molecule has 2 heterocycles. The highest BCUT2D eigenvalue weighted by molar-refractivity contribution is 7.98. The standard InChI is InChI=1S/C26H29N3O4S/c1-15(2)13-33-20-10-9-18(11-21(20)32-4)19-12-22(30)27-24-23(19)25(31)29-26(28-24)34-14-17-7-5-16(3)6-8-17/h5-11,15,19H,12-14H2,1-4H3,(H2,27,28,29,30,31). The van der Waals surface area contributed by atoms with Crippen LogP contribution < -0.4 is 20.3 Å². The van der Waals surface area contributed by atoms with Crippen LogP contribution in [0.15, 0.2) is 52.4 Å². The summed E-state index contributed by atoms with van der Waals surface area (Å²) >= 11 is 1.43. The first-order chi connectivity index (χ1) is 16.3. The molecule has 0 radical (unpaired) electrons. The van der Waals surface area contributed by atoms with Crippen molar-refractivity contribution in [1.29, 1.82) is 0 Å². The molecule has 1 atom stereocenters. The van der Waals surface area contributed by atoms with E-state index < -0.39 is 5.92 Å². The number of H-pyrrole nitrogens is 1. The van der Waals surface area contributed by atoms with Gasteiger partial charge >= 0.3 is 0 Å². The van der Waals surface area contributed by atoms with Crippen LogP contribution in [0.25, 0.3) is 0 Å². The number of carbonyl (C=O) groups excluding carboxylic acids is 1. The summed E-state index contributed by atoms with van der Waals surface area (Å²) in [4.78, 5) is 33.1. The Kier molecular flexibility index (Phi) is 7.26. The van der Waals surface area contributed by atoms with Crippen LogP contribution in [-0.4, -0.2) is 29.6 Å². The van der Waals surface area contributed by atoms with Crippen LogP contribution in [0.3, 0.4) is 0 Å².